The molecule has 2 aliphatic carbocycles. The average molecular weight is 173 g/mol. The molecule has 0 radical (unpaired) electrons. The maximum absolute atomic E-state index is 6.22. The molecular formula is C10H17Cl. The minimum Gasteiger partial charge on any atom is -0.123 e. The third-order valence-electron chi connectivity index (χ3n) is 4.11. The van der Waals surface area contributed by atoms with Gasteiger partial charge in [-0.3, -0.25) is 0 Å². The van der Waals surface area contributed by atoms with Crippen LogP contribution in [0.2, 0.25) is 0 Å². The Morgan fingerprint density at radius 1 is 1.36 bits per heavy atom. The van der Waals surface area contributed by atoms with Crippen LogP contribution in [0.3, 0.4) is 0 Å². The van der Waals surface area contributed by atoms with E-state index in [1.54, 1.807) is 0 Å². The maximum atomic E-state index is 6.22. The Kier molecular flexibility index (Phi) is 1.55. The zero-order valence-corrected chi connectivity index (χ0v) is 8.36. The van der Waals surface area contributed by atoms with E-state index in [2.05, 4.69) is 20.8 Å². The van der Waals surface area contributed by atoms with E-state index in [4.69, 9.17) is 11.6 Å². The summed E-state index contributed by atoms with van der Waals surface area (Å²) in [6, 6.07) is 0. The molecule has 0 unspecified atom stereocenters. The van der Waals surface area contributed by atoms with Crippen LogP contribution in [0.1, 0.15) is 33.6 Å². The summed E-state index contributed by atoms with van der Waals surface area (Å²) in [4.78, 5) is 0. The molecule has 2 aliphatic rings. The van der Waals surface area contributed by atoms with Gasteiger partial charge in [-0.05, 0) is 36.0 Å². The van der Waals surface area contributed by atoms with E-state index < -0.39 is 0 Å². The van der Waals surface area contributed by atoms with E-state index in [0.717, 1.165) is 17.8 Å². The Labute approximate surface area is 74.3 Å². The monoisotopic (exact) mass is 172 g/mol. The Morgan fingerprint density at radius 3 is 2.27 bits per heavy atom. The molecule has 0 amide bonds. The molecule has 0 aromatic carbocycles. The van der Waals surface area contributed by atoms with Crippen molar-refractivity contribution in [3.05, 3.63) is 0 Å². The predicted octanol–water partition coefficient (Wildman–Crippen LogP) is 3.30. The van der Waals surface area contributed by atoms with Gasteiger partial charge in [-0.25, -0.2) is 0 Å². The quantitative estimate of drug-likeness (QED) is 0.533. The molecule has 4 atom stereocenters. The molecule has 0 bridgehead atoms. The summed E-state index contributed by atoms with van der Waals surface area (Å²) in [7, 11) is 0. The van der Waals surface area contributed by atoms with Gasteiger partial charge in [-0.2, -0.15) is 0 Å². The first-order chi connectivity index (χ1) is 5.08. The summed E-state index contributed by atoms with van der Waals surface area (Å²) in [6.07, 6.45) is 2.73. The molecule has 64 valence electrons. The fourth-order valence-electron chi connectivity index (χ4n) is 3.00. The van der Waals surface area contributed by atoms with Gasteiger partial charge >= 0.3 is 0 Å². The summed E-state index contributed by atoms with van der Waals surface area (Å²) in [5.74, 6) is 2.59. The lowest BCUT2D eigenvalue weighted by atomic mass is 9.90. The van der Waals surface area contributed by atoms with Gasteiger partial charge in [0.2, 0.25) is 0 Å². The minimum absolute atomic E-state index is 0.469. The summed E-state index contributed by atoms with van der Waals surface area (Å²) in [6.45, 7) is 7.02. The van der Waals surface area contributed by atoms with Gasteiger partial charge in [0.1, 0.15) is 0 Å². The highest BCUT2D eigenvalue weighted by molar-refractivity contribution is 6.21. The summed E-state index contributed by atoms with van der Waals surface area (Å²) < 4.78 is 0. The van der Waals surface area contributed by atoms with Crippen LogP contribution in [0, 0.1) is 23.2 Å². The molecule has 0 nitrogen and oxygen atoms in total. The highest BCUT2D eigenvalue weighted by atomic mass is 35.5. The van der Waals surface area contributed by atoms with Crippen LogP contribution in [0.5, 0.6) is 0 Å². The molecule has 2 saturated carbocycles. The first-order valence-electron chi connectivity index (χ1n) is 4.72. The lowest BCUT2D eigenvalue weighted by Crippen LogP contribution is -2.11. The number of hydrogen-bond acceptors (Lipinski definition) is 0. The molecule has 0 aromatic rings. The van der Waals surface area contributed by atoms with Crippen molar-refractivity contribution >= 4 is 11.6 Å². The van der Waals surface area contributed by atoms with Gasteiger partial charge in [0.05, 0.1) is 0 Å². The Morgan fingerprint density at radius 2 is 2.00 bits per heavy atom. The Bertz CT molecular complexity index is 176. The van der Waals surface area contributed by atoms with E-state index in [1.807, 2.05) is 0 Å². The van der Waals surface area contributed by atoms with Crippen molar-refractivity contribution in [3.63, 3.8) is 0 Å². The topological polar surface area (TPSA) is 0 Å². The number of rotatable bonds is 1. The van der Waals surface area contributed by atoms with Gasteiger partial charge in [-0.15, -0.1) is 11.6 Å². The lowest BCUT2D eigenvalue weighted by molar-refractivity contribution is 0.342. The molecule has 11 heavy (non-hydrogen) atoms. The third-order valence-corrected chi connectivity index (χ3v) is 4.66. The normalized spacial score (nSPS) is 54.8. The first kappa shape index (κ1) is 7.91. The summed E-state index contributed by atoms with van der Waals surface area (Å²) in [5.41, 5.74) is 0.672. The summed E-state index contributed by atoms with van der Waals surface area (Å²) >= 11 is 6.22. The lowest BCUT2D eigenvalue weighted by Gasteiger charge is -2.17. The van der Waals surface area contributed by atoms with E-state index >= 15 is 0 Å². The van der Waals surface area contributed by atoms with Gasteiger partial charge in [-0.1, -0.05) is 20.8 Å². The van der Waals surface area contributed by atoms with Gasteiger partial charge in [0.25, 0.3) is 0 Å². The van der Waals surface area contributed by atoms with Crippen LogP contribution in [0.25, 0.3) is 0 Å². The third kappa shape index (κ3) is 0.884. The molecule has 2 fully saturated rings. The second-order valence-corrected chi connectivity index (χ2v) is 5.34. The predicted molar refractivity (Wildman–Crippen MR) is 48.8 cm³/mol. The second kappa shape index (κ2) is 2.16. The number of fused-ring (bicyclic) bond motifs is 1. The smallest absolute Gasteiger partial charge is 0.0370 e. The largest absolute Gasteiger partial charge is 0.123 e. The zero-order chi connectivity index (χ0) is 8.22. The van der Waals surface area contributed by atoms with Crippen LogP contribution in [-0.2, 0) is 0 Å². The van der Waals surface area contributed by atoms with Crippen LogP contribution < -0.4 is 0 Å². The van der Waals surface area contributed by atoms with E-state index in [-0.39, 0.29) is 0 Å². The molecular weight excluding hydrogens is 156 g/mol. The van der Waals surface area contributed by atoms with Gasteiger partial charge in [0, 0.05) is 5.38 Å². The van der Waals surface area contributed by atoms with Crippen molar-refractivity contribution in [2.24, 2.45) is 23.2 Å². The van der Waals surface area contributed by atoms with Crippen molar-refractivity contribution in [1.29, 1.82) is 0 Å². The van der Waals surface area contributed by atoms with Gasteiger partial charge in [0.15, 0.2) is 0 Å². The minimum atomic E-state index is 0.469. The molecule has 1 heteroatoms. The molecule has 0 heterocycles. The Hall–Kier alpha value is 0.290. The van der Waals surface area contributed by atoms with Crippen molar-refractivity contribution in [2.75, 3.05) is 0 Å². The fourth-order valence-corrected chi connectivity index (χ4v) is 3.46. The van der Waals surface area contributed by atoms with Crippen LogP contribution in [-0.4, -0.2) is 5.38 Å². The second-order valence-electron chi connectivity index (χ2n) is 4.78. The number of hydrogen-bond donors (Lipinski definition) is 0. The molecule has 0 aromatic heterocycles. The fraction of sp³-hybridized carbons (Fsp3) is 1.00. The zero-order valence-electron chi connectivity index (χ0n) is 7.60. The van der Waals surface area contributed by atoms with Crippen molar-refractivity contribution in [2.45, 2.75) is 39.0 Å². The van der Waals surface area contributed by atoms with E-state index in [9.17, 15) is 0 Å². The molecule has 0 saturated heterocycles. The van der Waals surface area contributed by atoms with Crippen LogP contribution >= 0.6 is 11.6 Å². The van der Waals surface area contributed by atoms with Crippen molar-refractivity contribution in [1.82, 2.24) is 0 Å². The number of halogens is 1. The SMILES string of the molecule is CC(C)[C@@]12C[C@@H]1[C@H](C)[C@@H](Cl)C2. The van der Waals surface area contributed by atoms with E-state index in [0.29, 0.717) is 10.8 Å². The first-order valence-corrected chi connectivity index (χ1v) is 5.15. The molecule has 0 spiro atoms. The number of alkyl halides is 1. The highest BCUT2D eigenvalue weighted by Crippen LogP contribution is 2.70. The molecule has 0 aliphatic heterocycles. The van der Waals surface area contributed by atoms with E-state index in [1.165, 1.54) is 12.8 Å². The average Bonchev–Trinajstić information content (AvgIpc) is 2.57. The molecule has 0 N–H and O–H groups in total. The standard InChI is InChI=1S/C10H17Cl/c1-6(2)10-4-8(10)7(3)9(11)5-10/h6-9H,4-5H2,1-3H3/t7-,8+,9-,10-/m0/s1. The highest BCUT2D eigenvalue weighted by Gasteiger charge is 2.64. The Balaban J connectivity index is 2.13. The van der Waals surface area contributed by atoms with Crippen LogP contribution in [0.15, 0.2) is 0 Å². The summed E-state index contributed by atoms with van der Waals surface area (Å²) in [5, 5.41) is 0.469. The molecule has 2 rings (SSSR count). The van der Waals surface area contributed by atoms with Crippen molar-refractivity contribution in [3.8, 4) is 0 Å². The van der Waals surface area contributed by atoms with Gasteiger partial charge < -0.3 is 0 Å². The maximum Gasteiger partial charge on any atom is 0.0370 e. The van der Waals surface area contributed by atoms with Crippen molar-refractivity contribution < 1.29 is 0 Å². The van der Waals surface area contributed by atoms with Crippen LogP contribution in [0.4, 0.5) is 0 Å².